The first-order chi connectivity index (χ1) is 9.24. The fourth-order valence-electron chi connectivity index (χ4n) is 1.89. The Kier molecular flexibility index (Phi) is 4.72. The largest absolute Gasteiger partial charge is 0.396 e. The van der Waals surface area contributed by atoms with Gasteiger partial charge in [0.1, 0.15) is 0 Å². The number of halogens is 1. The van der Waals surface area contributed by atoms with Crippen LogP contribution < -0.4 is 0 Å². The monoisotopic (exact) mass is 319 g/mol. The minimum absolute atomic E-state index is 0.186. The minimum atomic E-state index is 0.186. The fraction of sp³-hybridized carbons (Fsp3) is 0.286. The van der Waals surface area contributed by atoms with Crippen molar-refractivity contribution in [3.8, 4) is 6.07 Å². The Morgan fingerprint density at radius 2 is 2.26 bits per heavy atom. The van der Waals surface area contributed by atoms with Gasteiger partial charge in [0.2, 0.25) is 0 Å². The first kappa shape index (κ1) is 13.8. The molecule has 4 nitrogen and oxygen atoms in total. The van der Waals surface area contributed by atoms with E-state index in [1.54, 1.807) is 6.33 Å². The van der Waals surface area contributed by atoms with Gasteiger partial charge in [0.15, 0.2) is 0 Å². The molecule has 1 aromatic heterocycles. The van der Waals surface area contributed by atoms with Crippen LogP contribution in [0.2, 0.25) is 0 Å². The third-order valence-electron chi connectivity index (χ3n) is 2.91. The maximum Gasteiger partial charge on any atom is 0.0992 e. The van der Waals surface area contributed by atoms with Gasteiger partial charge in [0, 0.05) is 29.5 Å². The molecular weight excluding hydrogens is 306 g/mol. The van der Waals surface area contributed by atoms with E-state index in [9.17, 15) is 0 Å². The van der Waals surface area contributed by atoms with E-state index in [0.717, 1.165) is 28.6 Å². The SMILES string of the molecule is N#Cc1ccc(Cn2cncc2CCCO)c(Br)c1. The number of hydrogen-bond acceptors (Lipinski definition) is 3. The zero-order valence-electron chi connectivity index (χ0n) is 10.4. The van der Waals surface area contributed by atoms with Crippen molar-refractivity contribution >= 4 is 15.9 Å². The number of rotatable bonds is 5. The van der Waals surface area contributed by atoms with Crippen LogP contribution in [0.5, 0.6) is 0 Å². The lowest BCUT2D eigenvalue weighted by Crippen LogP contribution is -2.04. The molecule has 0 unspecified atom stereocenters. The standard InChI is InChI=1S/C14H14BrN3O/c15-14-6-11(7-16)3-4-12(14)9-18-10-17-8-13(18)2-1-5-19/h3-4,6,8,10,19H,1-2,5,9H2. The van der Waals surface area contributed by atoms with Crippen molar-refractivity contribution in [3.05, 3.63) is 52.0 Å². The maximum atomic E-state index is 8.88. The second kappa shape index (κ2) is 6.50. The molecule has 2 aromatic rings. The number of nitrogens with zero attached hydrogens (tertiary/aromatic N) is 3. The van der Waals surface area contributed by atoms with E-state index in [2.05, 4.69) is 31.6 Å². The summed E-state index contributed by atoms with van der Waals surface area (Å²) in [4.78, 5) is 4.15. The Balaban J connectivity index is 2.17. The average Bonchev–Trinajstić information content (AvgIpc) is 2.86. The van der Waals surface area contributed by atoms with Gasteiger partial charge in [-0.25, -0.2) is 4.98 Å². The summed E-state index contributed by atoms with van der Waals surface area (Å²) in [6, 6.07) is 7.69. The molecule has 0 radical (unpaired) electrons. The molecular formula is C14H14BrN3O. The lowest BCUT2D eigenvalue weighted by atomic mass is 10.1. The van der Waals surface area contributed by atoms with Gasteiger partial charge in [-0.3, -0.25) is 0 Å². The molecule has 0 bridgehead atoms. The Bertz CT molecular complexity index is 601. The number of aryl methyl sites for hydroxylation is 1. The Hall–Kier alpha value is -1.64. The van der Waals surface area contributed by atoms with Gasteiger partial charge in [-0.1, -0.05) is 22.0 Å². The molecule has 1 N–H and O–H groups in total. The van der Waals surface area contributed by atoms with Crippen molar-refractivity contribution in [2.24, 2.45) is 0 Å². The van der Waals surface area contributed by atoms with E-state index in [1.807, 2.05) is 24.4 Å². The molecule has 0 amide bonds. The molecule has 0 aliphatic rings. The van der Waals surface area contributed by atoms with Gasteiger partial charge in [-0.2, -0.15) is 5.26 Å². The molecule has 0 aliphatic carbocycles. The average molecular weight is 320 g/mol. The highest BCUT2D eigenvalue weighted by atomic mass is 79.9. The van der Waals surface area contributed by atoms with Gasteiger partial charge in [0.25, 0.3) is 0 Å². The fourth-order valence-corrected chi connectivity index (χ4v) is 2.39. The Labute approximate surface area is 120 Å². The topological polar surface area (TPSA) is 61.8 Å². The summed E-state index contributed by atoms with van der Waals surface area (Å²) in [5.74, 6) is 0. The molecule has 0 saturated heterocycles. The van der Waals surface area contributed by atoms with Crippen LogP contribution in [0.15, 0.2) is 35.2 Å². The number of imidazole rings is 1. The molecule has 98 valence electrons. The second-order valence-electron chi connectivity index (χ2n) is 4.26. The van der Waals surface area contributed by atoms with Crippen LogP contribution in [0.1, 0.15) is 23.2 Å². The van der Waals surface area contributed by atoms with Crippen molar-refractivity contribution in [1.29, 1.82) is 5.26 Å². The van der Waals surface area contributed by atoms with Gasteiger partial charge in [-0.05, 0) is 30.5 Å². The highest BCUT2D eigenvalue weighted by Crippen LogP contribution is 2.20. The van der Waals surface area contributed by atoms with Gasteiger partial charge < -0.3 is 9.67 Å². The molecule has 2 rings (SSSR count). The number of hydrogen-bond donors (Lipinski definition) is 1. The lowest BCUT2D eigenvalue weighted by molar-refractivity contribution is 0.287. The smallest absolute Gasteiger partial charge is 0.0992 e. The van der Waals surface area contributed by atoms with Crippen LogP contribution in [0.4, 0.5) is 0 Å². The van der Waals surface area contributed by atoms with E-state index in [4.69, 9.17) is 10.4 Å². The zero-order valence-corrected chi connectivity index (χ0v) is 12.0. The zero-order chi connectivity index (χ0) is 13.7. The summed E-state index contributed by atoms with van der Waals surface area (Å²) in [6.45, 7) is 0.888. The number of aliphatic hydroxyl groups is 1. The van der Waals surface area contributed by atoms with Crippen LogP contribution in [-0.2, 0) is 13.0 Å². The number of aromatic nitrogens is 2. The van der Waals surface area contributed by atoms with Crippen LogP contribution in [0.3, 0.4) is 0 Å². The summed E-state index contributed by atoms with van der Waals surface area (Å²) < 4.78 is 2.98. The van der Waals surface area contributed by atoms with Crippen molar-refractivity contribution < 1.29 is 5.11 Å². The van der Waals surface area contributed by atoms with Gasteiger partial charge in [0.05, 0.1) is 18.0 Å². The summed E-state index contributed by atoms with van der Waals surface area (Å²) in [6.07, 6.45) is 5.16. The molecule has 1 aromatic carbocycles. The molecule has 0 spiro atoms. The highest BCUT2D eigenvalue weighted by molar-refractivity contribution is 9.10. The highest BCUT2D eigenvalue weighted by Gasteiger charge is 2.06. The summed E-state index contributed by atoms with van der Waals surface area (Å²) in [5.41, 5.74) is 2.84. The predicted molar refractivity (Wildman–Crippen MR) is 75.6 cm³/mol. The minimum Gasteiger partial charge on any atom is -0.396 e. The van der Waals surface area contributed by atoms with Crippen molar-refractivity contribution in [2.45, 2.75) is 19.4 Å². The number of nitriles is 1. The van der Waals surface area contributed by atoms with Crippen molar-refractivity contribution in [1.82, 2.24) is 9.55 Å². The van der Waals surface area contributed by atoms with Crippen molar-refractivity contribution in [3.63, 3.8) is 0 Å². The van der Waals surface area contributed by atoms with Crippen molar-refractivity contribution in [2.75, 3.05) is 6.61 Å². The van der Waals surface area contributed by atoms with Gasteiger partial charge >= 0.3 is 0 Å². The van der Waals surface area contributed by atoms with Crippen LogP contribution in [-0.4, -0.2) is 21.3 Å². The van der Waals surface area contributed by atoms with E-state index in [-0.39, 0.29) is 6.61 Å². The molecule has 0 saturated carbocycles. The van der Waals surface area contributed by atoms with Crippen LogP contribution >= 0.6 is 15.9 Å². The Morgan fingerprint density at radius 3 is 2.95 bits per heavy atom. The van der Waals surface area contributed by atoms with E-state index in [0.29, 0.717) is 12.1 Å². The summed E-state index contributed by atoms with van der Waals surface area (Å²) >= 11 is 3.49. The molecule has 5 heteroatoms. The first-order valence-corrected chi connectivity index (χ1v) is 6.82. The quantitative estimate of drug-likeness (QED) is 0.921. The summed E-state index contributed by atoms with van der Waals surface area (Å²) in [7, 11) is 0. The second-order valence-corrected chi connectivity index (χ2v) is 5.11. The molecule has 0 fully saturated rings. The lowest BCUT2D eigenvalue weighted by Gasteiger charge is -2.09. The van der Waals surface area contributed by atoms with Crippen LogP contribution in [0, 0.1) is 11.3 Å². The molecule has 1 heterocycles. The first-order valence-electron chi connectivity index (χ1n) is 6.03. The normalized spacial score (nSPS) is 10.4. The van der Waals surface area contributed by atoms with E-state index in [1.165, 1.54) is 0 Å². The predicted octanol–water partition coefficient (Wildman–Crippen LogP) is 2.49. The molecule has 0 aliphatic heterocycles. The third kappa shape index (κ3) is 3.43. The maximum absolute atomic E-state index is 8.88. The molecule has 0 atom stereocenters. The van der Waals surface area contributed by atoms with Crippen LogP contribution in [0.25, 0.3) is 0 Å². The number of aliphatic hydroxyl groups excluding tert-OH is 1. The van der Waals surface area contributed by atoms with Gasteiger partial charge in [-0.15, -0.1) is 0 Å². The molecule has 19 heavy (non-hydrogen) atoms. The third-order valence-corrected chi connectivity index (χ3v) is 3.65. The Morgan fingerprint density at radius 1 is 1.42 bits per heavy atom. The number of benzene rings is 1. The van der Waals surface area contributed by atoms with E-state index >= 15 is 0 Å². The summed E-state index contributed by atoms with van der Waals surface area (Å²) in [5, 5.41) is 17.7. The van der Waals surface area contributed by atoms with E-state index < -0.39 is 0 Å².